The number of carbonyl (C=O) groups excluding carboxylic acids is 1. The molecule has 0 aliphatic carbocycles. The van der Waals surface area contributed by atoms with Crippen LogP contribution in [0.5, 0.6) is 17.2 Å². The fraction of sp³-hybridized carbons (Fsp3) is 0.294. The molecule has 9 heteroatoms. The molecule has 26 heavy (non-hydrogen) atoms. The summed E-state index contributed by atoms with van der Waals surface area (Å²) in [5.74, 6) is 0.816. The average molecular weight is 370 g/mol. The van der Waals surface area contributed by atoms with E-state index < -0.39 is 17.8 Å². The maximum absolute atomic E-state index is 12.5. The van der Waals surface area contributed by atoms with Gasteiger partial charge in [0.15, 0.2) is 11.5 Å². The van der Waals surface area contributed by atoms with Gasteiger partial charge in [0, 0.05) is 24.4 Å². The Kier molecular flexibility index (Phi) is 5.91. The van der Waals surface area contributed by atoms with Crippen molar-refractivity contribution >= 4 is 5.91 Å². The number of carbonyl (C=O) groups is 1. The molecule has 1 aromatic heterocycles. The third-order valence-electron chi connectivity index (χ3n) is 3.54. The van der Waals surface area contributed by atoms with E-state index in [0.717, 1.165) is 18.3 Å². The van der Waals surface area contributed by atoms with Crippen LogP contribution in [0.3, 0.4) is 0 Å². The zero-order valence-electron chi connectivity index (χ0n) is 14.3. The molecule has 0 bridgehead atoms. The number of rotatable bonds is 6. The lowest BCUT2D eigenvalue weighted by Gasteiger charge is -2.14. The van der Waals surface area contributed by atoms with Crippen LogP contribution in [0, 0.1) is 0 Å². The Morgan fingerprint density at radius 2 is 1.65 bits per heavy atom. The summed E-state index contributed by atoms with van der Waals surface area (Å²) < 4.78 is 53.2. The van der Waals surface area contributed by atoms with Crippen molar-refractivity contribution in [3.63, 3.8) is 0 Å². The molecule has 1 aromatic carbocycles. The summed E-state index contributed by atoms with van der Waals surface area (Å²) in [4.78, 5) is 15.4. The zero-order chi connectivity index (χ0) is 19.3. The average Bonchev–Trinajstić information content (AvgIpc) is 2.64. The molecule has 0 unspecified atom stereocenters. The molecule has 0 fully saturated rings. The van der Waals surface area contributed by atoms with E-state index in [1.165, 1.54) is 21.3 Å². The van der Waals surface area contributed by atoms with Gasteiger partial charge in [-0.25, -0.2) is 0 Å². The third kappa shape index (κ3) is 4.35. The van der Waals surface area contributed by atoms with Crippen LogP contribution in [-0.2, 0) is 12.7 Å². The third-order valence-corrected chi connectivity index (χ3v) is 3.54. The Morgan fingerprint density at radius 3 is 2.15 bits per heavy atom. The van der Waals surface area contributed by atoms with E-state index in [2.05, 4.69) is 10.3 Å². The minimum absolute atomic E-state index is 0.0115. The molecule has 140 valence electrons. The first-order chi connectivity index (χ1) is 12.3. The summed E-state index contributed by atoms with van der Waals surface area (Å²) in [6.45, 7) is 0.0728. The van der Waals surface area contributed by atoms with Crippen LogP contribution in [0.4, 0.5) is 13.2 Å². The van der Waals surface area contributed by atoms with Crippen molar-refractivity contribution < 1.29 is 32.2 Å². The van der Waals surface area contributed by atoms with Crippen molar-refractivity contribution in [1.82, 2.24) is 10.3 Å². The van der Waals surface area contributed by atoms with E-state index in [4.69, 9.17) is 14.2 Å². The number of alkyl halides is 3. The Morgan fingerprint density at radius 1 is 1.04 bits per heavy atom. The molecule has 2 rings (SSSR count). The topological polar surface area (TPSA) is 69.7 Å². The quantitative estimate of drug-likeness (QED) is 0.846. The largest absolute Gasteiger partial charge is 0.496 e. The van der Waals surface area contributed by atoms with Gasteiger partial charge in [0.1, 0.15) is 11.4 Å². The summed E-state index contributed by atoms with van der Waals surface area (Å²) in [5.41, 5.74) is -0.438. The fourth-order valence-corrected chi connectivity index (χ4v) is 2.20. The molecule has 0 saturated carbocycles. The predicted octanol–water partition coefficient (Wildman–Crippen LogP) is 3.06. The van der Waals surface area contributed by atoms with Crippen LogP contribution in [0.1, 0.15) is 21.6 Å². The van der Waals surface area contributed by atoms with Crippen LogP contribution in [-0.4, -0.2) is 32.2 Å². The molecule has 1 heterocycles. The van der Waals surface area contributed by atoms with Gasteiger partial charge in [-0.3, -0.25) is 9.78 Å². The highest BCUT2D eigenvalue weighted by atomic mass is 19.4. The van der Waals surface area contributed by atoms with Crippen LogP contribution >= 0.6 is 0 Å². The van der Waals surface area contributed by atoms with E-state index in [1.807, 2.05) is 0 Å². The van der Waals surface area contributed by atoms with Crippen molar-refractivity contribution in [2.75, 3.05) is 21.3 Å². The minimum Gasteiger partial charge on any atom is -0.496 e. The molecule has 0 radical (unpaired) electrons. The van der Waals surface area contributed by atoms with Gasteiger partial charge in [-0.2, -0.15) is 13.2 Å². The number of methoxy groups -OCH3 is 3. The van der Waals surface area contributed by atoms with Crippen LogP contribution < -0.4 is 19.5 Å². The maximum atomic E-state index is 12.5. The SMILES string of the molecule is COc1cc(OC)c(OC)cc1CNC(=O)c1ccc(C(F)(F)F)nc1. The molecule has 1 amide bonds. The minimum atomic E-state index is -4.55. The molecular formula is C17H17F3N2O4. The number of hydrogen-bond acceptors (Lipinski definition) is 5. The number of benzene rings is 1. The molecule has 2 aromatic rings. The van der Waals surface area contributed by atoms with E-state index in [1.54, 1.807) is 12.1 Å². The number of nitrogens with zero attached hydrogens (tertiary/aromatic N) is 1. The van der Waals surface area contributed by atoms with Crippen LogP contribution in [0.25, 0.3) is 0 Å². The van der Waals surface area contributed by atoms with Gasteiger partial charge >= 0.3 is 6.18 Å². The Balaban J connectivity index is 2.14. The molecule has 0 saturated heterocycles. The molecule has 0 spiro atoms. The highest BCUT2D eigenvalue weighted by Gasteiger charge is 2.32. The summed E-state index contributed by atoms with van der Waals surface area (Å²) in [6, 6.07) is 5.08. The second-order valence-electron chi connectivity index (χ2n) is 5.13. The first-order valence-electron chi connectivity index (χ1n) is 7.40. The van der Waals surface area contributed by atoms with E-state index in [-0.39, 0.29) is 12.1 Å². The molecule has 6 nitrogen and oxygen atoms in total. The lowest BCUT2D eigenvalue weighted by Crippen LogP contribution is -2.23. The number of amides is 1. The normalized spacial score (nSPS) is 11.0. The standard InChI is InChI=1S/C17H17F3N2O4/c1-24-12-7-14(26-3)13(25-2)6-11(12)9-22-16(23)10-4-5-15(21-8-10)17(18,19)20/h4-8H,9H2,1-3H3,(H,22,23). The zero-order valence-corrected chi connectivity index (χ0v) is 14.3. The smallest absolute Gasteiger partial charge is 0.433 e. The number of aromatic nitrogens is 1. The van der Waals surface area contributed by atoms with Crippen LogP contribution in [0.2, 0.25) is 0 Å². The second kappa shape index (κ2) is 7.94. The van der Waals surface area contributed by atoms with Gasteiger partial charge in [-0.1, -0.05) is 0 Å². The van der Waals surface area contributed by atoms with Gasteiger partial charge < -0.3 is 19.5 Å². The van der Waals surface area contributed by atoms with Crippen molar-refractivity contribution in [3.8, 4) is 17.2 Å². The second-order valence-corrected chi connectivity index (χ2v) is 5.13. The van der Waals surface area contributed by atoms with E-state index in [9.17, 15) is 18.0 Å². The summed E-state index contributed by atoms with van der Waals surface area (Å²) in [7, 11) is 4.42. The Hall–Kier alpha value is -2.97. The molecule has 1 N–H and O–H groups in total. The highest BCUT2D eigenvalue weighted by Crippen LogP contribution is 2.34. The van der Waals surface area contributed by atoms with Gasteiger partial charge in [-0.05, 0) is 18.2 Å². The number of nitrogens with one attached hydrogen (secondary N) is 1. The van der Waals surface area contributed by atoms with E-state index >= 15 is 0 Å². The molecule has 0 aliphatic rings. The fourth-order valence-electron chi connectivity index (χ4n) is 2.20. The van der Waals surface area contributed by atoms with Gasteiger partial charge in [-0.15, -0.1) is 0 Å². The molecular weight excluding hydrogens is 353 g/mol. The maximum Gasteiger partial charge on any atom is 0.433 e. The predicted molar refractivity (Wildman–Crippen MR) is 86.5 cm³/mol. The summed E-state index contributed by atoms with van der Waals surface area (Å²) in [6.07, 6.45) is -3.67. The van der Waals surface area contributed by atoms with Gasteiger partial charge in [0.05, 0.1) is 26.9 Å². The number of ether oxygens (including phenoxy) is 3. The molecule has 0 aliphatic heterocycles. The van der Waals surface area contributed by atoms with Gasteiger partial charge in [0.25, 0.3) is 5.91 Å². The summed E-state index contributed by atoms with van der Waals surface area (Å²) >= 11 is 0. The lowest BCUT2D eigenvalue weighted by atomic mass is 10.1. The Labute approximate surface area is 147 Å². The van der Waals surface area contributed by atoms with Crippen molar-refractivity contribution in [2.24, 2.45) is 0 Å². The Bertz CT molecular complexity index is 777. The van der Waals surface area contributed by atoms with E-state index in [0.29, 0.717) is 22.8 Å². The lowest BCUT2D eigenvalue weighted by molar-refractivity contribution is -0.141. The first-order valence-corrected chi connectivity index (χ1v) is 7.40. The summed E-state index contributed by atoms with van der Waals surface area (Å²) in [5, 5.41) is 2.60. The first kappa shape index (κ1) is 19.4. The van der Waals surface area contributed by atoms with Crippen molar-refractivity contribution in [3.05, 3.63) is 47.3 Å². The monoisotopic (exact) mass is 370 g/mol. The number of pyridine rings is 1. The van der Waals surface area contributed by atoms with Crippen LogP contribution in [0.15, 0.2) is 30.5 Å². The number of halogens is 3. The molecule has 0 atom stereocenters. The number of hydrogen-bond donors (Lipinski definition) is 1. The van der Waals surface area contributed by atoms with Crippen molar-refractivity contribution in [1.29, 1.82) is 0 Å². The van der Waals surface area contributed by atoms with Gasteiger partial charge in [0.2, 0.25) is 0 Å². The van der Waals surface area contributed by atoms with Crippen molar-refractivity contribution in [2.45, 2.75) is 12.7 Å². The highest BCUT2D eigenvalue weighted by molar-refractivity contribution is 5.93.